The molecule has 0 atom stereocenters. The monoisotopic (exact) mass is 286 g/mol. The first kappa shape index (κ1) is 13.4. The molecule has 3 nitrogen and oxygen atoms in total. The Bertz CT molecular complexity index is 626. The van der Waals surface area contributed by atoms with Gasteiger partial charge in [-0.1, -0.05) is 11.6 Å². The van der Waals surface area contributed by atoms with Crippen LogP contribution in [0.1, 0.15) is 10.4 Å². The minimum Gasteiger partial charge on any atom is -0.305 e. The van der Waals surface area contributed by atoms with Crippen molar-refractivity contribution in [1.29, 1.82) is 0 Å². The second-order valence-electron chi connectivity index (χ2n) is 3.54. The van der Waals surface area contributed by atoms with Gasteiger partial charge >= 0.3 is 0 Å². The fraction of sp³-hybridized carbons (Fsp3) is 0. The van der Waals surface area contributed by atoms with Crippen LogP contribution in [0.3, 0.4) is 0 Å². The minimum atomic E-state index is -1.63. The van der Waals surface area contributed by atoms with Crippen LogP contribution in [0.25, 0.3) is 0 Å². The molecule has 2 rings (SSSR count). The molecule has 1 heterocycles. The van der Waals surface area contributed by atoms with Crippen molar-refractivity contribution >= 4 is 23.3 Å². The summed E-state index contributed by atoms with van der Waals surface area (Å²) in [6.45, 7) is 0. The number of aromatic nitrogens is 1. The fourth-order valence-corrected chi connectivity index (χ4v) is 1.51. The quantitative estimate of drug-likeness (QED) is 0.860. The highest BCUT2D eigenvalue weighted by Crippen LogP contribution is 2.19. The molecule has 0 aliphatic carbocycles. The summed E-state index contributed by atoms with van der Waals surface area (Å²) in [6, 6.07) is 4.21. The van der Waals surface area contributed by atoms with Crippen molar-refractivity contribution in [2.45, 2.75) is 0 Å². The topological polar surface area (TPSA) is 42.0 Å². The Kier molecular flexibility index (Phi) is 3.71. The number of anilines is 1. The first-order valence-corrected chi connectivity index (χ1v) is 5.43. The molecule has 1 N–H and O–H groups in total. The van der Waals surface area contributed by atoms with Gasteiger partial charge in [0.25, 0.3) is 5.91 Å². The highest BCUT2D eigenvalue weighted by Gasteiger charge is 2.16. The van der Waals surface area contributed by atoms with Gasteiger partial charge in [-0.3, -0.25) is 4.79 Å². The van der Waals surface area contributed by atoms with E-state index in [9.17, 15) is 18.0 Å². The molecule has 1 amide bonds. The number of carbonyl (C=O) groups is 1. The van der Waals surface area contributed by atoms with Gasteiger partial charge < -0.3 is 5.32 Å². The van der Waals surface area contributed by atoms with Gasteiger partial charge in [-0.05, 0) is 24.3 Å². The summed E-state index contributed by atoms with van der Waals surface area (Å²) in [6.07, 6.45) is 1.38. The second kappa shape index (κ2) is 5.27. The van der Waals surface area contributed by atoms with E-state index < -0.39 is 23.4 Å². The maximum absolute atomic E-state index is 13.0. The lowest BCUT2D eigenvalue weighted by molar-refractivity contribution is 0.102. The number of amides is 1. The Morgan fingerprint density at radius 1 is 1.21 bits per heavy atom. The van der Waals surface area contributed by atoms with Crippen molar-refractivity contribution in [2.75, 3.05) is 5.32 Å². The predicted molar refractivity (Wildman–Crippen MR) is 63.5 cm³/mol. The molecule has 7 heteroatoms. The van der Waals surface area contributed by atoms with E-state index in [0.29, 0.717) is 12.1 Å². The lowest BCUT2D eigenvalue weighted by Crippen LogP contribution is -2.14. The van der Waals surface area contributed by atoms with Gasteiger partial charge in [-0.25, -0.2) is 18.2 Å². The number of pyridine rings is 1. The molecule has 1 aromatic heterocycles. The number of rotatable bonds is 2. The van der Waals surface area contributed by atoms with Crippen LogP contribution >= 0.6 is 11.6 Å². The number of nitrogens with zero attached hydrogens (tertiary/aromatic N) is 1. The molecular weight excluding hydrogens is 281 g/mol. The van der Waals surface area contributed by atoms with Crippen LogP contribution < -0.4 is 5.32 Å². The highest BCUT2D eigenvalue weighted by atomic mass is 35.5. The Morgan fingerprint density at radius 2 is 1.84 bits per heavy atom. The third-order valence-corrected chi connectivity index (χ3v) is 2.54. The molecule has 0 radical (unpaired) electrons. The van der Waals surface area contributed by atoms with E-state index in [-0.39, 0.29) is 16.4 Å². The van der Waals surface area contributed by atoms with Gasteiger partial charge in [-0.15, -0.1) is 0 Å². The number of carbonyl (C=O) groups excluding carboxylic acids is 1. The molecule has 0 saturated carbocycles. The molecule has 2 aromatic rings. The van der Waals surface area contributed by atoms with Gasteiger partial charge in [0.1, 0.15) is 0 Å². The smallest absolute Gasteiger partial charge is 0.257 e. The van der Waals surface area contributed by atoms with Crippen LogP contribution in [-0.4, -0.2) is 10.9 Å². The van der Waals surface area contributed by atoms with Gasteiger partial charge in [0.05, 0.1) is 5.02 Å². The van der Waals surface area contributed by atoms with E-state index in [0.717, 1.165) is 0 Å². The molecule has 1 aromatic carbocycles. The molecule has 0 bridgehead atoms. The zero-order chi connectivity index (χ0) is 14.0. The van der Waals surface area contributed by atoms with Crippen molar-refractivity contribution in [3.63, 3.8) is 0 Å². The number of nitrogens with one attached hydrogen (secondary N) is 1. The Balaban J connectivity index is 2.28. The maximum atomic E-state index is 13.0. The number of halogens is 4. The fourth-order valence-electron chi connectivity index (χ4n) is 1.34. The van der Waals surface area contributed by atoms with Crippen LogP contribution in [0, 0.1) is 17.5 Å². The van der Waals surface area contributed by atoms with Gasteiger partial charge in [0, 0.05) is 11.8 Å². The molecule has 0 aliphatic rings. The SMILES string of the molecule is O=C(Nc1ncccc1Cl)c1cc(F)c(F)c(F)c1. The van der Waals surface area contributed by atoms with E-state index in [1.807, 2.05) is 0 Å². The average Bonchev–Trinajstić information content (AvgIpc) is 2.38. The van der Waals surface area contributed by atoms with Crippen molar-refractivity contribution in [1.82, 2.24) is 4.98 Å². The normalized spacial score (nSPS) is 10.3. The van der Waals surface area contributed by atoms with Crippen molar-refractivity contribution in [2.24, 2.45) is 0 Å². The third-order valence-electron chi connectivity index (χ3n) is 2.24. The van der Waals surface area contributed by atoms with Crippen LogP contribution in [-0.2, 0) is 0 Å². The number of hydrogen-bond acceptors (Lipinski definition) is 2. The Morgan fingerprint density at radius 3 is 2.42 bits per heavy atom. The Hall–Kier alpha value is -2.08. The summed E-state index contributed by atoms with van der Waals surface area (Å²) >= 11 is 5.76. The lowest BCUT2D eigenvalue weighted by atomic mass is 10.2. The molecular formula is C12H6ClF3N2O. The summed E-state index contributed by atoms with van der Waals surface area (Å²) in [5, 5.41) is 2.43. The first-order valence-electron chi connectivity index (χ1n) is 5.05. The average molecular weight is 287 g/mol. The minimum absolute atomic E-state index is 0.0410. The van der Waals surface area contributed by atoms with Gasteiger partial charge in [-0.2, -0.15) is 0 Å². The summed E-state index contributed by atoms with van der Waals surface area (Å²) in [5.41, 5.74) is -0.377. The summed E-state index contributed by atoms with van der Waals surface area (Å²) < 4.78 is 38.7. The van der Waals surface area contributed by atoms with E-state index in [4.69, 9.17) is 11.6 Å². The summed E-state index contributed by atoms with van der Waals surface area (Å²) in [7, 11) is 0. The zero-order valence-electron chi connectivity index (χ0n) is 9.25. The van der Waals surface area contributed by atoms with E-state index in [1.54, 1.807) is 6.07 Å². The molecule has 0 spiro atoms. The van der Waals surface area contributed by atoms with Crippen LogP contribution in [0.4, 0.5) is 19.0 Å². The molecule has 0 unspecified atom stereocenters. The van der Waals surface area contributed by atoms with Crippen LogP contribution in [0.2, 0.25) is 5.02 Å². The standard InChI is InChI=1S/C12H6ClF3N2O/c13-7-2-1-3-17-11(7)18-12(19)6-4-8(14)10(16)9(15)5-6/h1-5H,(H,17,18,19). The number of hydrogen-bond donors (Lipinski definition) is 1. The first-order chi connectivity index (χ1) is 8.99. The summed E-state index contributed by atoms with van der Waals surface area (Å²) in [4.78, 5) is 15.5. The zero-order valence-corrected chi connectivity index (χ0v) is 10.0. The maximum Gasteiger partial charge on any atom is 0.257 e. The highest BCUT2D eigenvalue weighted by molar-refractivity contribution is 6.33. The predicted octanol–water partition coefficient (Wildman–Crippen LogP) is 3.40. The van der Waals surface area contributed by atoms with E-state index >= 15 is 0 Å². The summed E-state index contributed by atoms with van der Waals surface area (Å²) in [5.74, 6) is -5.33. The lowest BCUT2D eigenvalue weighted by Gasteiger charge is -2.06. The molecule has 0 saturated heterocycles. The van der Waals surface area contributed by atoms with Gasteiger partial charge in [0.2, 0.25) is 0 Å². The van der Waals surface area contributed by atoms with Gasteiger partial charge in [0.15, 0.2) is 23.3 Å². The second-order valence-corrected chi connectivity index (χ2v) is 3.95. The third kappa shape index (κ3) is 2.85. The van der Waals surface area contributed by atoms with Crippen molar-refractivity contribution in [3.05, 3.63) is 58.5 Å². The van der Waals surface area contributed by atoms with Crippen molar-refractivity contribution < 1.29 is 18.0 Å². The molecule has 19 heavy (non-hydrogen) atoms. The van der Waals surface area contributed by atoms with Crippen LogP contribution in [0.15, 0.2) is 30.5 Å². The Labute approximate surface area is 111 Å². The largest absolute Gasteiger partial charge is 0.305 e. The molecule has 0 fully saturated rings. The van der Waals surface area contributed by atoms with E-state index in [1.165, 1.54) is 12.3 Å². The number of benzene rings is 1. The van der Waals surface area contributed by atoms with E-state index in [2.05, 4.69) is 10.3 Å². The van der Waals surface area contributed by atoms with Crippen molar-refractivity contribution in [3.8, 4) is 0 Å². The van der Waals surface area contributed by atoms with Crippen LogP contribution in [0.5, 0.6) is 0 Å². The molecule has 98 valence electrons. The molecule has 0 aliphatic heterocycles.